The van der Waals surface area contributed by atoms with Gasteiger partial charge in [0.05, 0.1) is 19.9 Å². The molecule has 2 heterocycles. The van der Waals surface area contributed by atoms with E-state index in [4.69, 9.17) is 18.7 Å². The van der Waals surface area contributed by atoms with Gasteiger partial charge in [0, 0.05) is 27.9 Å². The zero-order valence-electron chi connectivity index (χ0n) is 26.4. The van der Waals surface area contributed by atoms with Gasteiger partial charge in [-0.25, -0.2) is 19.7 Å². The van der Waals surface area contributed by atoms with Gasteiger partial charge in [-0.2, -0.15) is 10.4 Å². The molecular formula is C26H36N7O12P. The van der Waals surface area contributed by atoms with Gasteiger partial charge < -0.3 is 33.5 Å². The van der Waals surface area contributed by atoms with Crippen LogP contribution >= 0.6 is 7.67 Å². The van der Waals surface area contributed by atoms with Gasteiger partial charge in [0.1, 0.15) is 36.6 Å². The molecular weight excluding hydrogens is 633 g/mol. The lowest BCUT2D eigenvalue weighted by Crippen LogP contribution is -2.53. The van der Waals surface area contributed by atoms with Crippen LogP contribution in [-0.2, 0) is 56.7 Å². The Morgan fingerprint density at radius 2 is 1.54 bits per heavy atom. The first kappa shape index (κ1) is 37.7. The summed E-state index contributed by atoms with van der Waals surface area (Å²) in [4.78, 5) is 64.8. The molecule has 46 heavy (non-hydrogen) atoms. The fourth-order valence-electron chi connectivity index (χ4n) is 4.14. The third-order valence-electron chi connectivity index (χ3n) is 6.24. The molecule has 1 amide bonds. The van der Waals surface area contributed by atoms with E-state index in [2.05, 4.69) is 35.0 Å². The Morgan fingerprint density at radius 3 is 2.00 bits per heavy atom. The summed E-state index contributed by atoms with van der Waals surface area (Å²) in [6.07, 6.45) is -2.36. The molecule has 0 fully saturated rings. The minimum atomic E-state index is -4.49. The maximum absolute atomic E-state index is 14.0. The molecule has 0 aliphatic heterocycles. The number of amides is 1. The molecule has 0 unspecified atom stereocenters. The van der Waals surface area contributed by atoms with Crippen LogP contribution in [0.4, 0.5) is 5.82 Å². The normalized spacial score (nSPS) is 15.3. The fraction of sp³-hybridized carbons (Fsp3) is 0.538. The van der Waals surface area contributed by atoms with Crippen LogP contribution < -0.4 is 15.5 Å². The molecule has 0 bridgehead atoms. The van der Waals surface area contributed by atoms with E-state index in [1.807, 2.05) is 6.07 Å². The first-order chi connectivity index (χ1) is 21.6. The Balaban J connectivity index is 2.70. The highest BCUT2D eigenvalue weighted by atomic mass is 31.2. The highest BCUT2D eigenvalue weighted by Gasteiger charge is 2.52. The van der Waals surface area contributed by atoms with Crippen LogP contribution in [0.1, 0.15) is 46.4 Å². The minimum Gasteiger partial charge on any atom is -0.468 e. The highest BCUT2D eigenvalue weighted by Crippen LogP contribution is 2.43. The second-order valence-corrected chi connectivity index (χ2v) is 11.6. The molecule has 20 heteroatoms. The third-order valence-corrected chi connectivity index (χ3v) is 8.19. The maximum atomic E-state index is 14.0. The van der Waals surface area contributed by atoms with Gasteiger partial charge in [-0.3, -0.25) is 28.5 Å². The third kappa shape index (κ3) is 9.28. The quantitative estimate of drug-likeness (QED) is 0.125. The Morgan fingerprint density at radius 1 is 0.978 bits per heavy atom. The SMILES string of the molecule is COC(=O)[C@H](C)NP(=O)(N[C@@H](C)C(=O)OC)OC[C@@](C#N)(OC)[C@@H](OC(C)=O)[C@@H](OC(C)=O)c1ccc2c(NC(C)=O)ncnn12. The van der Waals surface area contributed by atoms with Crippen LogP contribution in [0.15, 0.2) is 18.5 Å². The smallest absolute Gasteiger partial charge is 0.342 e. The molecule has 0 aliphatic carbocycles. The molecule has 0 saturated heterocycles. The summed E-state index contributed by atoms with van der Waals surface area (Å²) in [5.41, 5.74) is -2.10. The highest BCUT2D eigenvalue weighted by molar-refractivity contribution is 7.54. The maximum Gasteiger partial charge on any atom is 0.342 e. The molecule has 0 saturated carbocycles. The van der Waals surface area contributed by atoms with E-state index >= 15 is 0 Å². The van der Waals surface area contributed by atoms with Crippen LogP contribution in [0.3, 0.4) is 0 Å². The van der Waals surface area contributed by atoms with Gasteiger partial charge in [-0.1, -0.05) is 0 Å². The molecule has 19 nitrogen and oxygen atoms in total. The topological polar surface area (TPSA) is 248 Å². The van der Waals surface area contributed by atoms with E-state index in [0.29, 0.717) is 0 Å². The Hall–Kier alpha value is -4.47. The number of nitrogens with one attached hydrogen (secondary N) is 3. The predicted octanol–water partition coefficient (Wildman–Crippen LogP) is 0.559. The van der Waals surface area contributed by atoms with Gasteiger partial charge >= 0.3 is 31.5 Å². The van der Waals surface area contributed by atoms with Crippen molar-refractivity contribution < 1.29 is 56.7 Å². The molecule has 0 aromatic carbocycles. The number of nitriles is 1. The molecule has 2 aromatic rings. The van der Waals surface area contributed by atoms with Gasteiger partial charge in [0.15, 0.2) is 18.0 Å². The van der Waals surface area contributed by atoms with Crippen LogP contribution in [0.5, 0.6) is 0 Å². The van der Waals surface area contributed by atoms with E-state index in [9.17, 15) is 33.8 Å². The molecule has 0 aliphatic rings. The Bertz CT molecular complexity index is 1510. The predicted molar refractivity (Wildman–Crippen MR) is 155 cm³/mol. The molecule has 2 rings (SSSR count). The van der Waals surface area contributed by atoms with Crippen molar-refractivity contribution in [1.82, 2.24) is 24.8 Å². The number of fused-ring (bicyclic) bond motifs is 1. The lowest BCUT2D eigenvalue weighted by atomic mass is 9.92. The number of carbonyl (C=O) groups is 5. The largest absolute Gasteiger partial charge is 0.468 e. The van der Waals surface area contributed by atoms with Crippen molar-refractivity contribution >= 4 is 48.8 Å². The number of hydrogen-bond donors (Lipinski definition) is 3. The van der Waals surface area contributed by atoms with Crippen molar-refractivity contribution in [1.29, 1.82) is 5.26 Å². The first-order valence-corrected chi connectivity index (χ1v) is 15.1. The van der Waals surface area contributed by atoms with Crippen molar-refractivity contribution in [3.05, 3.63) is 24.2 Å². The average molecular weight is 670 g/mol. The number of anilines is 1. The molecule has 3 N–H and O–H groups in total. The number of methoxy groups -OCH3 is 3. The summed E-state index contributed by atoms with van der Waals surface area (Å²) >= 11 is 0. The van der Waals surface area contributed by atoms with Crippen molar-refractivity contribution in [2.75, 3.05) is 33.3 Å². The summed E-state index contributed by atoms with van der Waals surface area (Å²) in [6, 6.07) is 2.23. The van der Waals surface area contributed by atoms with Crippen molar-refractivity contribution in [3.63, 3.8) is 0 Å². The Kier molecular flexibility index (Phi) is 13.3. The van der Waals surface area contributed by atoms with E-state index in [-0.39, 0.29) is 17.0 Å². The number of esters is 4. The molecule has 0 radical (unpaired) electrons. The number of rotatable bonds is 16. The van der Waals surface area contributed by atoms with Gasteiger partial charge in [0.2, 0.25) is 11.5 Å². The van der Waals surface area contributed by atoms with E-state index in [0.717, 1.165) is 41.5 Å². The fourth-order valence-corrected chi connectivity index (χ4v) is 5.96. The molecule has 5 atom stereocenters. The van der Waals surface area contributed by atoms with Crippen LogP contribution in [0, 0.1) is 11.3 Å². The number of aromatic nitrogens is 3. The average Bonchev–Trinajstić information content (AvgIpc) is 3.43. The first-order valence-electron chi connectivity index (χ1n) is 13.4. The standard InChI is InChI=1S/C26H36N7O12P/c1-14(24(37)40-6)31-46(39,32-15(2)25(38)41-7)43-12-26(11-27,42-8)22(45-18(5)36)21(44-17(4)35)19-9-10-20-23(30-16(3)34)28-13-29-33(19)20/h9-10,13-15,21-22H,12H2,1-8H3,(H2,31,32,39)(H,28,29,30,34)/t14-,15-,21-,22-,26+/m0/s1. The van der Waals surface area contributed by atoms with E-state index in [1.165, 1.54) is 37.4 Å². The second kappa shape index (κ2) is 16.2. The molecule has 0 spiro atoms. The zero-order chi connectivity index (χ0) is 34.8. The number of carbonyl (C=O) groups excluding carboxylic acids is 5. The van der Waals surface area contributed by atoms with Crippen molar-refractivity contribution in [2.24, 2.45) is 0 Å². The van der Waals surface area contributed by atoms with Gasteiger partial charge in [-0.05, 0) is 26.0 Å². The van der Waals surface area contributed by atoms with E-state index < -0.39 is 74.0 Å². The van der Waals surface area contributed by atoms with Gasteiger partial charge in [0.25, 0.3) is 0 Å². The van der Waals surface area contributed by atoms with Crippen molar-refractivity contribution in [3.8, 4) is 6.07 Å². The number of nitrogens with zero attached hydrogens (tertiary/aromatic N) is 4. The monoisotopic (exact) mass is 669 g/mol. The number of ether oxygens (including phenoxy) is 5. The van der Waals surface area contributed by atoms with Crippen molar-refractivity contribution in [2.45, 2.75) is 64.5 Å². The lowest BCUT2D eigenvalue weighted by Gasteiger charge is -2.37. The van der Waals surface area contributed by atoms with Crippen LogP contribution in [0.2, 0.25) is 0 Å². The second-order valence-electron chi connectivity index (χ2n) is 9.68. The number of hydrogen-bond acceptors (Lipinski definition) is 15. The minimum absolute atomic E-state index is 0.0418. The zero-order valence-corrected chi connectivity index (χ0v) is 27.3. The van der Waals surface area contributed by atoms with Crippen LogP contribution in [0.25, 0.3) is 5.52 Å². The summed E-state index contributed by atoms with van der Waals surface area (Å²) in [5.74, 6) is -3.84. The lowest BCUT2D eigenvalue weighted by molar-refractivity contribution is -0.191. The van der Waals surface area contributed by atoms with Gasteiger partial charge in [-0.15, -0.1) is 0 Å². The van der Waals surface area contributed by atoms with E-state index in [1.54, 1.807) is 0 Å². The summed E-state index contributed by atoms with van der Waals surface area (Å²) in [7, 11) is -1.24. The van der Waals surface area contributed by atoms with Crippen LogP contribution in [-0.4, -0.2) is 96.1 Å². The Labute approximate surface area is 263 Å². The molecule has 2 aromatic heterocycles. The molecule has 252 valence electrons. The summed E-state index contributed by atoms with van der Waals surface area (Å²) < 4.78 is 46.8. The summed E-state index contributed by atoms with van der Waals surface area (Å²) in [5, 5.41) is 22.0. The summed E-state index contributed by atoms with van der Waals surface area (Å²) in [6.45, 7) is 4.98.